The predicted molar refractivity (Wildman–Crippen MR) is 124 cm³/mol. The van der Waals surface area contributed by atoms with E-state index in [1.165, 1.54) is 0 Å². The minimum Gasteiger partial charge on any atom is -0.376 e. The molecule has 0 aliphatic carbocycles. The first-order chi connectivity index (χ1) is 16.1. The van der Waals surface area contributed by atoms with E-state index in [9.17, 15) is 9.59 Å². The average molecular weight is 452 g/mol. The second kappa shape index (κ2) is 9.36. The maximum atomic E-state index is 12.7. The number of carbonyl (C=O) groups excluding carboxylic acids is 2. The summed E-state index contributed by atoms with van der Waals surface area (Å²) in [6.45, 7) is 3.17. The number of ether oxygens (including phenoxy) is 2. The Hall–Kier alpha value is -3.17. The molecule has 1 unspecified atom stereocenters. The molecule has 4 heterocycles. The van der Waals surface area contributed by atoms with Gasteiger partial charge in [-0.1, -0.05) is 18.2 Å². The van der Waals surface area contributed by atoms with Crippen LogP contribution >= 0.6 is 0 Å². The highest BCUT2D eigenvalue weighted by Gasteiger charge is 2.27. The third-order valence-corrected chi connectivity index (χ3v) is 6.24. The monoisotopic (exact) mass is 451 g/mol. The van der Waals surface area contributed by atoms with Crippen molar-refractivity contribution in [2.45, 2.75) is 31.9 Å². The molecule has 33 heavy (non-hydrogen) atoms. The van der Waals surface area contributed by atoms with Crippen molar-refractivity contribution < 1.29 is 19.1 Å². The highest BCUT2D eigenvalue weighted by molar-refractivity contribution is 5.98. The van der Waals surface area contributed by atoms with Crippen molar-refractivity contribution in [1.82, 2.24) is 19.7 Å². The standard InChI is InChI=1S/C24H29N5O4/c1-27-15-19(18-5-2-3-6-21(18)27)20-13-23-28(24(31)8-10-29(23)26-20)9-4-7-22(30)25-14-17-16-32-11-12-33-17/h2-3,5-6,13,15,17H,4,7-12,14,16H2,1H3,(H,25,30). The van der Waals surface area contributed by atoms with E-state index < -0.39 is 0 Å². The lowest BCUT2D eigenvalue weighted by Gasteiger charge is -2.27. The fourth-order valence-corrected chi connectivity index (χ4v) is 4.54. The van der Waals surface area contributed by atoms with Crippen LogP contribution in [0.15, 0.2) is 36.5 Å². The molecule has 0 spiro atoms. The molecule has 2 aromatic heterocycles. The van der Waals surface area contributed by atoms with Crippen molar-refractivity contribution in [3.8, 4) is 11.3 Å². The summed E-state index contributed by atoms with van der Waals surface area (Å²) < 4.78 is 14.9. The van der Waals surface area contributed by atoms with Gasteiger partial charge in [-0.15, -0.1) is 0 Å². The molecule has 174 valence electrons. The van der Waals surface area contributed by atoms with E-state index in [1.807, 2.05) is 29.9 Å². The number of aromatic nitrogens is 3. The van der Waals surface area contributed by atoms with Gasteiger partial charge in [-0.3, -0.25) is 14.5 Å². The van der Waals surface area contributed by atoms with E-state index in [0.29, 0.717) is 58.7 Å². The van der Waals surface area contributed by atoms with Gasteiger partial charge in [0.1, 0.15) is 5.82 Å². The van der Waals surface area contributed by atoms with Gasteiger partial charge in [-0.25, -0.2) is 4.68 Å². The molecule has 1 atom stereocenters. The van der Waals surface area contributed by atoms with Crippen molar-refractivity contribution in [3.05, 3.63) is 36.5 Å². The number of carbonyl (C=O) groups is 2. The number of anilines is 1. The molecular weight excluding hydrogens is 422 g/mol. The Labute approximate surface area is 192 Å². The molecule has 2 aliphatic rings. The van der Waals surface area contributed by atoms with E-state index in [0.717, 1.165) is 28.0 Å². The van der Waals surface area contributed by atoms with Gasteiger partial charge >= 0.3 is 0 Å². The molecule has 1 fully saturated rings. The fourth-order valence-electron chi connectivity index (χ4n) is 4.54. The summed E-state index contributed by atoms with van der Waals surface area (Å²) in [5.74, 6) is 0.820. The summed E-state index contributed by atoms with van der Waals surface area (Å²) in [6, 6.07) is 10.2. The summed E-state index contributed by atoms with van der Waals surface area (Å²) >= 11 is 0. The topological polar surface area (TPSA) is 90.6 Å². The van der Waals surface area contributed by atoms with Gasteiger partial charge in [0, 0.05) is 61.7 Å². The summed E-state index contributed by atoms with van der Waals surface area (Å²) in [7, 11) is 2.02. The number of nitrogens with one attached hydrogen (secondary N) is 1. The molecule has 0 saturated carbocycles. The van der Waals surface area contributed by atoms with Crippen molar-refractivity contribution in [2.24, 2.45) is 7.05 Å². The summed E-state index contributed by atoms with van der Waals surface area (Å²) in [6.07, 6.45) is 3.33. The van der Waals surface area contributed by atoms with Crippen LogP contribution in [-0.2, 0) is 32.7 Å². The largest absolute Gasteiger partial charge is 0.376 e. The third kappa shape index (κ3) is 4.51. The molecule has 1 saturated heterocycles. The summed E-state index contributed by atoms with van der Waals surface area (Å²) in [4.78, 5) is 26.7. The first-order valence-corrected chi connectivity index (χ1v) is 11.5. The minimum atomic E-state index is -0.0896. The lowest BCUT2D eigenvalue weighted by atomic mass is 10.1. The smallest absolute Gasteiger partial charge is 0.229 e. The molecule has 1 aromatic carbocycles. The number of rotatable bonds is 7. The van der Waals surface area contributed by atoms with Gasteiger partial charge in [0.15, 0.2) is 0 Å². The van der Waals surface area contributed by atoms with Crippen molar-refractivity contribution >= 4 is 28.5 Å². The normalized spacial score (nSPS) is 18.5. The summed E-state index contributed by atoms with van der Waals surface area (Å²) in [5, 5.41) is 8.83. The van der Waals surface area contributed by atoms with Gasteiger partial charge < -0.3 is 19.4 Å². The zero-order valence-electron chi connectivity index (χ0n) is 18.8. The second-order valence-corrected chi connectivity index (χ2v) is 8.55. The van der Waals surface area contributed by atoms with Crippen molar-refractivity contribution in [1.29, 1.82) is 0 Å². The number of aryl methyl sites for hydroxylation is 2. The quantitative estimate of drug-likeness (QED) is 0.594. The molecule has 3 aromatic rings. The van der Waals surface area contributed by atoms with Crippen LogP contribution < -0.4 is 10.2 Å². The first kappa shape index (κ1) is 21.7. The van der Waals surface area contributed by atoms with E-state index in [1.54, 1.807) is 4.90 Å². The van der Waals surface area contributed by atoms with Gasteiger partial charge in [0.05, 0.1) is 38.2 Å². The number of hydrogen-bond donors (Lipinski definition) is 1. The molecule has 0 radical (unpaired) electrons. The first-order valence-electron chi connectivity index (χ1n) is 11.5. The molecular formula is C24H29N5O4. The van der Waals surface area contributed by atoms with Crippen LogP contribution in [0.2, 0.25) is 0 Å². The van der Waals surface area contributed by atoms with Crippen LogP contribution in [0.5, 0.6) is 0 Å². The molecule has 2 amide bonds. The van der Waals surface area contributed by atoms with Gasteiger partial charge in [-0.2, -0.15) is 5.10 Å². The number of para-hydroxylation sites is 1. The highest BCUT2D eigenvalue weighted by atomic mass is 16.6. The Bertz CT molecular complexity index is 1160. The van der Waals surface area contributed by atoms with E-state index in [-0.39, 0.29) is 17.9 Å². The number of fused-ring (bicyclic) bond motifs is 2. The maximum Gasteiger partial charge on any atom is 0.229 e. The van der Waals surface area contributed by atoms with Crippen LogP contribution in [0.3, 0.4) is 0 Å². The van der Waals surface area contributed by atoms with Crippen molar-refractivity contribution in [2.75, 3.05) is 37.8 Å². The van der Waals surface area contributed by atoms with Crippen LogP contribution in [0.4, 0.5) is 5.82 Å². The number of amides is 2. The van der Waals surface area contributed by atoms with E-state index in [2.05, 4.69) is 28.2 Å². The SMILES string of the molecule is Cn1cc(-c2cc3n(n2)CCC(=O)N3CCCC(=O)NCC2COCCO2)c2ccccc21. The Morgan fingerprint density at radius 2 is 2.15 bits per heavy atom. The maximum absolute atomic E-state index is 12.7. The number of benzene rings is 1. The number of nitrogens with zero attached hydrogens (tertiary/aromatic N) is 4. The summed E-state index contributed by atoms with van der Waals surface area (Å²) in [5.41, 5.74) is 3.05. The molecule has 0 bridgehead atoms. The van der Waals surface area contributed by atoms with E-state index >= 15 is 0 Å². The predicted octanol–water partition coefficient (Wildman–Crippen LogP) is 2.09. The lowest BCUT2D eigenvalue weighted by molar-refractivity contribution is -0.124. The van der Waals surface area contributed by atoms with Crippen LogP contribution in [0.1, 0.15) is 19.3 Å². The Balaban J connectivity index is 1.24. The molecule has 2 aliphatic heterocycles. The zero-order chi connectivity index (χ0) is 22.8. The molecule has 5 rings (SSSR count). The molecule has 9 heteroatoms. The van der Waals surface area contributed by atoms with Crippen LogP contribution in [0.25, 0.3) is 22.2 Å². The Morgan fingerprint density at radius 3 is 3.00 bits per heavy atom. The minimum absolute atomic E-state index is 0.0430. The van der Waals surface area contributed by atoms with E-state index in [4.69, 9.17) is 14.6 Å². The molecule has 1 N–H and O–H groups in total. The number of hydrogen-bond acceptors (Lipinski definition) is 5. The van der Waals surface area contributed by atoms with Gasteiger partial charge in [0.25, 0.3) is 0 Å². The van der Waals surface area contributed by atoms with Gasteiger partial charge in [0.2, 0.25) is 11.8 Å². The van der Waals surface area contributed by atoms with Gasteiger partial charge in [-0.05, 0) is 12.5 Å². The average Bonchev–Trinajstić information content (AvgIpc) is 3.41. The van der Waals surface area contributed by atoms with Crippen LogP contribution in [0, 0.1) is 0 Å². The second-order valence-electron chi connectivity index (χ2n) is 8.55. The lowest BCUT2D eigenvalue weighted by Crippen LogP contribution is -2.40. The fraction of sp³-hybridized carbons (Fsp3) is 0.458. The molecule has 9 nitrogen and oxygen atoms in total. The Kier molecular flexibility index (Phi) is 6.15. The highest BCUT2D eigenvalue weighted by Crippen LogP contribution is 2.33. The third-order valence-electron chi connectivity index (χ3n) is 6.24. The Morgan fingerprint density at radius 1 is 1.27 bits per heavy atom. The zero-order valence-corrected chi connectivity index (χ0v) is 18.8. The van der Waals surface area contributed by atoms with Crippen molar-refractivity contribution in [3.63, 3.8) is 0 Å². The van der Waals surface area contributed by atoms with Crippen LogP contribution in [-0.4, -0.2) is 65.2 Å².